The van der Waals surface area contributed by atoms with Gasteiger partial charge in [0.1, 0.15) is 0 Å². The molecule has 0 saturated heterocycles. The summed E-state index contributed by atoms with van der Waals surface area (Å²) in [5.74, 6) is -0.0862. The van der Waals surface area contributed by atoms with Gasteiger partial charge in [-0.1, -0.05) is 6.92 Å². The first-order valence-corrected chi connectivity index (χ1v) is 3.96. The van der Waals surface area contributed by atoms with E-state index in [4.69, 9.17) is 5.73 Å². The Morgan fingerprint density at radius 2 is 2.09 bits per heavy atom. The van der Waals surface area contributed by atoms with Gasteiger partial charge in [-0.15, -0.1) is 0 Å². The van der Waals surface area contributed by atoms with E-state index in [0.717, 1.165) is 6.42 Å². The monoisotopic (exact) mass is 158 g/mol. The first-order chi connectivity index (χ1) is 4.89. The fraction of sp³-hybridized carbons (Fsp3) is 0.875. The van der Waals surface area contributed by atoms with Crippen molar-refractivity contribution >= 4 is 5.91 Å². The van der Waals surface area contributed by atoms with Gasteiger partial charge in [0.25, 0.3) is 0 Å². The van der Waals surface area contributed by atoms with Crippen LogP contribution in [-0.4, -0.2) is 17.5 Å². The van der Waals surface area contributed by atoms with Crippen LogP contribution in [0.15, 0.2) is 0 Å². The van der Waals surface area contributed by atoms with Gasteiger partial charge in [-0.25, -0.2) is 0 Å². The third kappa shape index (κ3) is 3.98. The fourth-order valence-electron chi connectivity index (χ4n) is 0.536. The van der Waals surface area contributed by atoms with E-state index in [1.807, 2.05) is 20.8 Å². The molecule has 0 aliphatic rings. The highest BCUT2D eigenvalue weighted by Crippen LogP contribution is 2.06. The molecular formula is C8H18N2O. The number of nitrogens with two attached hydrogens (primary N) is 1. The molecule has 0 aliphatic heterocycles. The van der Waals surface area contributed by atoms with E-state index in [9.17, 15) is 4.79 Å². The summed E-state index contributed by atoms with van der Waals surface area (Å²) in [5.41, 5.74) is 5.25. The lowest BCUT2D eigenvalue weighted by atomic mass is 10.0. The van der Waals surface area contributed by atoms with Crippen molar-refractivity contribution in [3.8, 4) is 0 Å². The molecule has 3 heteroatoms. The van der Waals surface area contributed by atoms with Gasteiger partial charge < -0.3 is 11.1 Å². The van der Waals surface area contributed by atoms with Crippen LogP contribution in [0.3, 0.4) is 0 Å². The van der Waals surface area contributed by atoms with Crippen molar-refractivity contribution < 1.29 is 4.79 Å². The predicted octanol–water partition coefficient (Wildman–Crippen LogP) is 0.638. The van der Waals surface area contributed by atoms with Crippen molar-refractivity contribution in [2.75, 3.05) is 0 Å². The molecule has 0 aromatic rings. The molecule has 0 bridgehead atoms. The van der Waals surface area contributed by atoms with Gasteiger partial charge in [0.2, 0.25) is 5.91 Å². The second kappa shape index (κ2) is 3.72. The van der Waals surface area contributed by atoms with Gasteiger partial charge in [-0.05, 0) is 27.2 Å². The maximum atomic E-state index is 11.1. The minimum Gasteiger partial charge on any atom is -0.350 e. The van der Waals surface area contributed by atoms with Crippen molar-refractivity contribution in [1.82, 2.24) is 5.32 Å². The highest BCUT2D eigenvalue weighted by atomic mass is 16.2. The molecule has 0 rings (SSSR count). The molecule has 3 nitrogen and oxygen atoms in total. The zero-order chi connectivity index (χ0) is 9.07. The van der Waals surface area contributed by atoms with Gasteiger partial charge in [-0.3, -0.25) is 4.79 Å². The minimum atomic E-state index is -0.416. The number of hydrogen-bond acceptors (Lipinski definition) is 2. The van der Waals surface area contributed by atoms with Crippen molar-refractivity contribution in [3.05, 3.63) is 0 Å². The van der Waals surface area contributed by atoms with Gasteiger partial charge in [0.15, 0.2) is 0 Å². The molecule has 0 aliphatic carbocycles. The third-order valence-corrected chi connectivity index (χ3v) is 1.76. The topological polar surface area (TPSA) is 55.1 Å². The normalized spacial score (nSPS) is 14.3. The van der Waals surface area contributed by atoms with Crippen molar-refractivity contribution in [3.63, 3.8) is 0 Å². The highest BCUT2D eigenvalue weighted by Gasteiger charge is 2.19. The van der Waals surface area contributed by atoms with Crippen LogP contribution in [0.4, 0.5) is 0 Å². The summed E-state index contributed by atoms with van der Waals surface area (Å²) in [6.45, 7) is 7.67. The first kappa shape index (κ1) is 10.4. The fourth-order valence-corrected chi connectivity index (χ4v) is 0.536. The summed E-state index contributed by atoms with van der Waals surface area (Å²) in [6, 6.07) is -0.416. The average Bonchev–Trinajstić information content (AvgIpc) is 1.87. The zero-order valence-electron chi connectivity index (χ0n) is 7.77. The summed E-state index contributed by atoms with van der Waals surface area (Å²) in [5, 5.41) is 2.84. The van der Waals surface area contributed by atoms with Crippen molar-refractivity contribution in [2.45, 2.75) is 45.7 Å². The second-order valence-electron chi connectivity index (χ2n) is 3.52. The van der Waals surface area contributed by atoms with Crippen LogP contribution in [0.25, 0.3) is 0 Å². The molecular weight excluding hydrogens is 140 g/mol. The van der Waals surface area contributed by atoms with Crippen LogP contribution >= 0.6 is 0 Å². The predicted molar refractivity (Wildman–Crippen MR) is 46.2 cm³/mol. The number of hydrogen-bond donors (Lipinski definition) is 2. The summed E-state index contributed by atoms with van der Waals surface area (Å²) < 4.78 is 0. The molecule has 0 radical (unpaired) electrons. The van der Waals surface area contributed by atoms with Crippen molar-refractivity contribution in [2.24, 2.45) is 5.73 Å². The molecule has 1 unspecified atom stereocenters. The largest absolute Gasteiger partial charge is 0.350 e. The van der Waals surface area contributed by atoms with E-state index in [0.29, 0.717) is 0 Å². The molecule has 0 aromatic heterocycles. The Balaban J connectivity index is 3.94. The summed E-state index contributed by atoms with van der Waals surface area (Å²) in [6.07, 6.45) is 0.908. The Morgan fingerprint density at radius 3 is 2.36 bits per heavy atom. The van der Waals surface area contributed by atoms with Crippen LogP contribution < -0.4 is 11.1 Å². The standard InChI is InChI=1S/C8H18N2O/c1-5-8(3,4)10-7(11)6(2)9/h6H,5,9H2,1-4H3,(H,10,11). The van der Waals surface area contributed by atoms with Crippen LogP contribution in [0.5, 0.6) is 0 Å². The SMILES string of the molecule is CCC(C)(C)NC(=O)C(C)N. The number of carbonyl (C=O) groups excluding carboxylic acids is 1. The number of amides is 1. The van der Waals surface area contributed by atoms with Gasteiger partial charge in [-0.2, -0.15) is 0 Å². The van der Waals surface area contributed by atoms with E-state index >= 15 is 0 Å². The number of rotatable bonds is 3. The van der Waals surface area contributed by atoms with Crippen LogP contribution in [-0.2, 0) is 4.79 Å². The zero-order valence-corrected chi connectivity index (χ0v) is 7.77. The summed E-state index contributed by atoms with van der Waals surface area (Å²) in [7, 11) is 0. The molecule has 1 amide bonds. The van der Waals surface area contributed by atoms with E-state index in [2.05, 4.69) is 5.32 Å². The van der Waals surface area contributed by atoms with Crippen molar-refractivity contribution in [1.29, 1.82) is 0 Å². The number of nitrogens with one attached hydrogen (secondary N) is 1. The quantitative estimate of drug-likeness (QED) is 0.633. The van der Waals surface area contributed by atoms with Crippen LogP contribution in [0, 0.1) is 0 Å². The molecule has 11 heavy (non-hydrogen) atoms. The van der Waals surface area contributed by atoms with E-state index < -0.39 is 6.04 Å². The third-order valence-electron chi connectivity index (χ3n) is 1.76. The highest BCUT2D eigenvalue weighted by molar-refractivity contribution is 5.81. The number of carbonyl (C=O) groups is 1. The lowest BCUT2D eigenvalue weighted by Gasteiger charge is -2.25. The Morgan fingerprint density at radius 1 is 1.64 bits per heavy atom. The van der Waals surface area contributed by atoms with Gasteiger partial charge in [0.05, 0.1) is 6.04 Å². The van der Waals surface area contributed by atoms with Crippen LogP contribution in [0.2, 0.25) is 0 Å². The average molecular weight is 158 g/mol. The summed E-state index contributed by atoms with van der Waals surface area (Å²) >= 11 is 0. The Bertz CT molecular complexity index is 141. The Kier molecular flexibility index (Phi) is 3.52. The summed E-state index contributed by atoms with van der Waals surface area (Å²) in [4.78, 5) is 11.1. The smallest absolute Gasteiger partial charge is 0.237 e. The van der Waals surface area contributed by atoms with Gasteiger partial charge in [0, 0.05) is 5.54 Å². The van der Waals surface area contributed by atoms with Gasteiger partial charge >= 0.3 is 0 Å². The molecule has 66 valence electrons. The Hall–Kier alpha value is -0.570. The molecule has 0 aromatic carbocycles. The van der Waals surface area contributed by atoms with E-state index in [1.165, 1.54) is 0 Å². The lowest BCUT2D eigenvalue weighted by Crippen LogP contribution is -2.49. The molecule has 0 saturated carbocycles. The Labute approximate surface area is 68.3 Å². The maximum absolute atomic E-state index is 11.1. The first-order valence-electron chi connectivity index (χ1n) is 3.96. The maximum Gasteiger partial charge on any atom is 0.237 e. The van der Waals surface area contributed by atoms with E-state index in [1.54, 1.807) is 6.92 Å². The molecule has 0 heterocycles. The van der Waals surface area contributed by atoms with Crippen LogP contribution in [0.1, 0.15) is 34.1 Å². The second-order valence-corrected chi connectivity index (χ2v) is 3.52. The minimum absolute atomic E-state index is 0.0862. The molecule has 0 fully saturated rings. The molecule has 1 atom stereocenters. The molecule has 0 spiro atoms. The molecule has 3 N–H and O–H groups in total. The van der Waals surface area contributed by atoms with E-state index in [-0.39, 0.29) is 11.4 Å². The lowest BCUT2D eigenvalue weighted by molar-refractivity contribution is -0.123.